The average molecular weight is 463 g/mol. The number of rotatable bonds is 11. The van der Waals surface area contributed by atoms with Crippen molar-refractivity contribution in [3.63, 3.8) is 0 Å². The zero-order valence-electron chi connectivity index (χ0n) is 20.4. The molecule has 0 aliphatic heterocycles. The van der Waals surface area contributed by atoms with Gasteiger partial charge in [-0.2, -0.15) is 0 Å². The molecule has 0 aliphatic rings. The van der Waals surface area contributed by atoms with E-state index in [1.807, 2.05) is 87.5 Å². The number of hydrogen-bond donors (Lipinski definition) is 1. The molecule has 0 bridgehead atoms. The number of fused-ring (bicyclic) bond motifs is 1. The van der Waals surface area contributed by atoms with Gasteiger partial charge in [0.25, 0.3) is 5.91 Å². The summed E-state index contributed by atoms with van der Waals surface area (Å²) >= 11 is 0. The number of ether oxygens (including phenoxy) is 2. The third kappa shape index (κ3) is 6.50. The molecule has 3 aromatic rings. The van der Waals surface area contributed by atoms with Crippen molar-refractivity contribution < 1.29 is 19.1 Å². The normalized spacial score (nSPS) is 11.8. The molecule has 3 rings (SSSR count). The van der Waals surface area contributed by atoms with E-state index in [-0.39, 0.29) is 25.0 Å². The number of nitrogens with one attached hydrogen (secondary N) is 1. The van der Waals surface area contributed by atoms with Crippen molar-refractivity contribution in [3.8, 4) is 11.5 Å². The van der Waals surface area contributed by atoms with E-state index < -0.39 is 6.04 Å². The van der Waals surface area contributed by atoms with Gasteiger partial charge in [0.1, 0.15) is 17.5 Å². The van der Waals surface area contributed by atoms with Gasteiger partial charge in [-0.05, 0) is 41.5 Å². The van der Waals surface area contributed by atoms with Gasteiger partial charge >= 0.3 is 0 Å². The summed E-state index contributed by atoms with van der Waals surface area (Å²) in [6.07, 6.45) is 0.494. The van der Waals surface area contributed by atoms with Crippen LogP contribution in [-0.2, 0) is 16.1 Å². The molecule has 0 radical (unpaired) electrons. The lowest BCUT2D eigenvalue weighted by molar-refractivity contribution is -0.143. The van der Waals surface area contributed by atoms with Crippen LogP contribution >= 0.6 is 0 Å². The van der Waals surface area contributed by atoms with E-state index >= 15 is 0 Å². The summed E-state index contributed by atoms with van der Waals surface area (Å²) in [5.41, 5.74) is 0.882. The molecule has 0 saturated heterocycles. The maximum atomic E-state index is 13.4. The Labute approximate surface area is 201 Å². The number of carbonyl (C=O) groups excluding carboxylic acids is 2. The van der Waals surface area contributed by atoms with E-state index in [4.69, 9.17) is 9.47 Å². The van der Waals surface area contributed by atoms with Crippen molar-refractivity contribution >= 4 is 22.6 Å². The number of benzene rings is 3. The first kappa shape index (κ1) is 25.1. The second-order valence-corrected chi connectivity index (χ2v) is 8.70. The minimum absolute atomic E-state index is 0.155. The van der Waals surface area contributed by atoms with E-state index in [1.165, 1.54) is 0 Å². The molecule has 0 spiro atoms. The van der Waals surface area contributed by atoms with Gasteiger partial charge in [0.2, 0.25) is 5.91 Å². The van der Waals surface area contributed by atoms with Crippen molar-refractivity contribution in [1.29, 1.82) is 0 Å². The molecule has 0 aromatic heterocycles. The number of amides is 2. The molecule has 6 heteroatoms. The number of carbonyl (C=O) groups is 2. The van der Waals surface area contributed by atoms with Gasteiger partial charge in [-0.15, -0.1) is 0 Å². The Kier molecular flexibility index (Phi) is 8.91. The van der Waals surface area contributed by atoms with Crippen LogP contribution in [0.2, 0.25) is 0 Å². The van der Waals surface area contributed by atoms with Crippen LogP contribution in [0.5, 0.6) is 11.5 Å². The molecule has 6 nitrogen and oxygen atoms in total. The van der Waals surface area contributed by atoms with Gasteiger partial charge < -0.3 is 19.7 Å². The molecule has 3 aromatic carbocycles. The van der Waals surface area contributed by atoms with Gasteiger partial charge in [0.15, 0.2) is 6.61 Å². The minimum atomic E-state index is -0.603. The van der Waals surface area contributed by atoms with Crippen molar-refractivity contribution in [3.05, 3.63) is 72.3 Å². The predicted molar refractivity (Wildman–Crippen MR) is 135 cm³/mol. The zero-order chi connectivity index (χ0) is 24.5. The minimum Gasteiger partial charge on any atom is -0.497 e. The molecule has 34 heavy (non-hydrogen) atoms. The molecule has 180 valence electrons. The highest BCUT2D eigenvalue weighted by Crippen LogP contribution is 2.25. The van der Waals surface area contributed by atoms with Crippen molar-refractivity contribution in [2.75, 3.05) is 20.3 Å². The summed E-state index contributed by atoms with van der Waals surface area (Å²) in [4.78, 5) is 28.1. The second kappa shape index (κ2) is 12.1. The molecule has 1 atom stereocenters. The Morgan fingerprint density at radius 3 is 2.47 bits per heavy atom. The summed E-state index contributed by atoms with van der Waals surface area (Å²) in [7, 11) is 1.61. The van der Waals surface area contributed by atoms with E-state index in [1.54, 1.807) is 12.0 Å². The number of nitrogens with zero attached hydrogens (tertiary/aromatic N) is 1. The fourth-order valence-electron chi connectivity index (χ4n) is 3.85. The van der Waals surface area contributed by atoms with E-state index in [9.17, 15) is 9.59 Å². The number of methoxy groups -OCH3 is 1. The van der Waals surface area contributed by atoms with Crippen LogP contribution in [0.15, 0.2) is 66.7 Å². The maximum absolute atomic E-state index is 13.4. The summed E-state index contributed by atoms with van der Waals surface area (Å²) < 4.78 is 11.3. The monoisotopic (exact) mass is 462 g/mol. The Morgan fingerprint density at radius 1 is 1.00 bits per heavy atom. The largest absolute Gasteiger partial charge is 0.497 e. The van der Waals surface area contributed by atoms with Gasteiger partial charge in [-0.25, -0.2) is 0 Å². The van der Waals surface area contributed by atoms with E-state index in [0.29, 0.717) is 30.4 Å². The molecule has 0 heterocycles. The van der Waals surface area contributed by atoms with E-state index in [2.05, 4.69) is 5.32 Å². The second-order valence-electron chi connectivity index (χ2n) is 8.70. The van der Waals surface area contributed by atoms with Gasteiger partial charge in [-0.3, -0.25) is 9.59 Å². The average Bonchev–Trinajstić information content (AvgIpc) is 2.85. The highest BCUT2D eigenvalue weighted by molar-refractivity contribution is 5.90. The Balaban J connectivity index is 1.83. The first-order chi connectivity index (χ1) is 16.4. The Bertz CT molecular complexity index is 1110. The summed E-state index contributed by atoms with van der Waals surface area (Å²) in [5, 5.41) is 4.96. The molecule has 0 unspecified atom stereocenters. The number of hydrogen-bond acceptors (Lipinski definition) is 4. The molecule has 0 aliphatic carbocycles. The third-order valence-electron chi connectivity index (χ3n) is 5.66. The van der Waals surface area contributed by atoms with Crippen LogP contribution in [0.1, 0.15) is 32.8 Å². The standard InChI is InChI=1S/C28H34N2O4/c1-5-25(28(32)29-17-20(2)3)30(18-21-10-8-13-23(16-21)33-4)27(31)19-34-26-15-9-12-22-11-6-7-14-24(22)26/h6-16,20,25H,5,17-19H2,1-4H3,(H,29,32)/t25-/m1/s1. The van der Waals surface area contributed by atoms with Crippen molar-refractivity contribution in [2.45, 2.75) is 39.8 Å². The smallest absolute Gasteiger partial charge is 0.261 e. The highest BCUT2D eigenvalue weighted by Gasteiger charge is 2.29. The SMILES string of the molecule is CC[C@H](C(=O)NCC(C)C)N(Cc1cccc(OC)c1)C(=O)COc1cccc2ccccc12. The van der Waals surface area contributed by atoms with Crippen LogP contribution in [0.4, 0.5) is 0 Å². The van der Waals surface area contributed by atoms with Crippen LogP contribution in [0.3, 0.4) is 0 Å². The van der Waals surface area contributed by atoms with E-state index in [0.717, 1.165) is 16.3 Å². The van der Waals surface area contributed by atoms with Crippen molar-refractivity contribution in [1.82, 2.24) is 10.2 Å². The van der Waals surface area contributed by atoms with Gasteiger partial charge in [0, 0.05) is 18.5 Å². The first-order valence-corrected chi connectivity index (χ1v) is 11.7. The summed E-state index contributed by atoms with van der Waals surface area (Å²) in [5.74, 6) is 1.26. The molecular formula is C28H34N2O4. The molecule has 2 amide bonds. The fourth-order valence-corrected chi connectivity index (χ4v) is 3.85. The third-order valence-corrected chi connectivity index (χ3v) is 5.66. The van der Waals surface area contributed by atoms with Crippen LogP contribution in [-0.4, -0.2) is 43.0 Å². The maximum Gasteiger partial charge on any atom is 0.261 e. The predicted octanol–water partition coefficient (Wildman–Crippen LogP) is 4.81. The van der Waals surface area contributed by atoms with Gasteiger partial charge in [-0.1, -0.05) is 69.3 Å². The Hall–Kier alpha value is -3.54. The topological polar surface area (TPSA) is 67.9 Å². The quantitative estimate of drug-likeness (QED) is 0.444. The molecule has 0 fully saturated rings. The highest BCUT2D eigenvalue weighted by atomic mass is 16.5. The lowest BCUT2D eigenvalue weighted by Gasteiger charge is -2.31. The molecule has 1 N–H and O–H groups in total. The summed E-state index contributed by atoms with van der Waals surface area (Å²) in [6, 6.07) is 20.6. The van der Waals surface area contributed by atoms with Crippen LogP contribution in [0.25, 0.3) is 10.8 Å². The Morgan fingerprint density at radius 2 is 1.74 bits per heavy atom. The zero-order valence-corrected chi connectivity index (χ0v) is 20.4. The molecular weight excluding hydrogens is 428 g/mol. The van der Waals surface area contributed by atoms with Crippen LogP contribution in [0, 0.1) is 5.92 Å². The lowest BCUT2D eigenvalue weighted by atomic mass is 10.1. The van der Waals surface area contributed by atoms with Gasteiger partial charge in [0.05, 0.1) is 7.11 Å². The van der Waals surface area contributed by atoms with Crippen LogP contribution < -0.4 is 14.8 Å². The fraction of sp³-hybridized carbons (Fsp3) is 0.357. The lowest BCUT2D eigenvalue weighted by Crippen LogP contribution is -2.50. The van der Waals surface area contributed by atoms with Crippen molar-refractivity contribution in [2.24, 2.45) is 5.92 Å². The first-order valence-electron chi connectivity index (χ1n) is 11.7. The summed E-state index contributed by atoms with van der Waals surface area (Å²) in [6.45, 7) is 6.67. The molecule has 0 saturated carbocycles.